The van der Waals surface area contributed by atoms with E-state index in [1.807, 2.05) is 0 Å². The number of rotatable bonds is 8. The SMILES string of the molecule is COCCOc1ccc(C(F)(F)F)cc1NC(=O)c1ccc(OC)c([N+](=O)[O-])c1. The third-order valence-corrected chi connectivity index (χ3v) is 3.74. The molecule has 2 aromatic carbocycles. The predicted octanol–water partition coefficient (Wildman–Crippen LogP) is 3.90. The summed E-state index contributed by atoms with van der Waals surface area (Å²) in [7, 11) is 2.66. The van der Waals surface area contributed by atoms with Crippen molar-refractivity contribution in [1.29, 1.82) is 0 Å². The van der Waals surface area contributed by atoms with Gasteiger partial charge in [0.15, 0.2) is 5.75 Å². The van der Waals surface area contributed by atoms with E-state index in [9.17, 15) is 28.1 Å². The standard InChI is InChI=1S/C18H17F3N2O6/c1-27-7-8-29-15-6-4-12(18(19,20)21)10-13(15)22-17(24)11-3-5-16(28-2)14(9-11)23(25)26/h3-6,9-10H,7-8H2,1-2H3,(H,22,24). The van der Waals surface area contributed by atoms with Crippen LogP contribution in [0, 0.1) is 10.1 Å². The average Bonchev–Trinajstić information content (AvgIpc) is 2.67. The summed E-state index contributed by atoms with van der Waals surface area (Å²) in [6, 6.07) is 6.04. The number of nitro groups is 1. The molecule has 0 spiro atoms. The van der Waals surface area contributed by atoms with Crippen LogP contribution >= 0.6 is 0 Å². The molecule has 0 aliphatic carbocycles. The fraction of sp³-hybridized carbons (Fsp3) is 0.278. The Morgan fingerprint density at radius 3 is 2.38 bits per heavy atom. The van der Waals surface area contributed by atoms with E-state index in [0.717, 1.165) is 24.3 Å². The molecule has 0 radical (unpaired) electrons. The summed E-state index contributed by atoms with van der Waals surface area (Å²) < 4.78 is 54.1. The minimum Gasteiger partial charge on any atom is -0.490 e. The van der Waals surface area contributed by atoms with Crippen molar-refractivity contribution in [1.82, 2.24) is 0 Å². The van der Waals surface area contributed by atoms with Gasteiger partial charge in [-0.15, -0.1) is 0 Å². The van der Waals surface area contributed by atoms with Crippen molar-refractivity contribution in [3.8, 4) is 11.5 Å². The van der Waals surface area contributed by atoms with Crippen molar-refractivity contribution < 1.29 is 37.1 Å². The second kappa shape index (κ2) is 9.24. The molecule has 0 fully saturated rings. The van der Waals surface area contributed by atoms with Gasteiger partial charge >= 0.3 is 11.9 Å². The predicted molar refractivity (Wildman–Crippen MR) is 96.4 cm³/mol. The number of nitro benzene ring substituents is 1. The van der Waals surface area contributed by atoms with Crippen LogP contribution in [0.2, 0.25) is 0 Å². The van der Waals surface area contributed by atoms with Gasteiger partial charge in [0.2, 0.25) is 0 Å². The molecule has 1 N–H and O–H groups in total. The first-order valence-corrected chi connectivity index (χ1v) is 8.14. The number of anilines is 1. The molecule has 2 aromatic rings. The lowest BCUT2D eigenvalue weighted by atomic mass is 10.1. The van der Waals surface area contributed by atoms with Crippen LogP contribution in [0.15, 0.2) is 36.4 Å². The summed E-state index contributed by atoms with van der Waals surface area (Å²) in [4.78, 5) is 22.9. The average molecular weight is 414 g/mol. The molecule has 11 heteroatoms. The van der Waals surface area contributed by atoms with Crippen LogP contribution in [0.1, 0.15) is 15.9 Å². The molecule has 0 aliphatic rings. The van der Waals surface area contributed by atoms with Gasteiger partial charge in [-0.05, 0) is 30.3 Å². The van der Waals surface area contributed by atoms with E-state index in [2.05, 4.69) is 5.32 Å². The number of carbonyl (C=O) groups is 1. The van der Waals surface area contributed by atoms with Gasteiger partial charge in [0.1, 0.15) is 12.4 Å². The molecule has 1 amide bonds. The first-order valence-electron chi connectivity index (χ1n) is 8.14. The number of alkyl halides is 3. The largest absolute Gasteiger partial charge is 0.490 e. The Kier molecular flexibility index (Phi) is 6.99. The maximum absolute atomic E-state index is 13.0. The quantitative estimate of drug-likeness (QED) is 0.400. The van der Waals surface area contributed by atoms with Gasteiger partial charge in [-0.1, -0.05) is 0 Å². The maximum atomic E-state index is 13.0. The van der Waals surface area contributed by atoms with Gasteiger partial charge in [-0.3, -0.25) is 14.9 Å². The van der Waals surface area contributed by atoms with Crippen molar-refractivity contribution in [2.24, 2.45) is 0 Å². The fourth-order valence-corrected chi connectivity index (χ4v) is 2.33. The Hall–Kier alpha value is -3.34. The van der Waals surface area contributed by atoms with E-state index in [-0.39, 0.29) is 36.0 Å². The van der Waals surface area contributed by atoms with Gasteiger partial charge in [-0.2, -0.15) is 13.2 Å². The number of ether oxygens (including phenoxy) is 3. The zero-order chi connectivity index (χ0) is 21.6. The Morgan fingerprint density at radius 2 is 1.79 bits per heavy atom. The number of nitrogens with zero attached hydrogens (tertiary/aromatic N) is 1. The van der Waals surface area contributed by atoms with Crippen LogP contribution in [0.5, 0.6) is 11.5 Å². The minimum absolute atomic E-state index is 0.00795. The third-order valence-electron chi connectivity index (χ3n) is 3.74. The third kappa shape index (κ3) is 5.57. The summed E-state index contributed by atoms with van der Waals surface area (Å²) >= 11 is 0. The van der Waals surface area contributed by atoms with Crippen LogP contribution in [0.3, 0.4) is 0 Å². The number of benzene rings is 2. The molecule has 29 heavy (non-hydrogen) atoms. The van der Waals surface area contributed by atoms with Crippen LogP contribution in [-0.2, 0) is 10.9 Å². The number of halogens is 3. The van der Waals surface area contributed by atoms with Gasteiger partial charge in [0.05, 0.1) is 29.9 Å². The molecule has 0 saturated heterocycles. The van der Waals surface area contributed by atoms with Crippen LogP contribution < -0.4 is 14.8 Å². The monoisotopic (exact) mass is 414 g/mol. The number of carbonyl (C=O) groups excluding carboxylic acids is 1. The molecular formula is C18H17F3N2O6. The number of methoxy groups -OCH3 is 2. The lowest BCUT2D eigenvalue weighted by molar-refractivity contribution is -0.385. The first kappa shape index (κ1) is 22.0. The van der Waals surface area contributed by atoms with Crippen molar-refractivity contribution in [3.63, 3.8) is 0 Å². The molecule has 0 atom stereocenters. The molecule has 0 aliphatic heterocycles. The number of hydrogen-bond donors (Lipinski definition) is 1. The van der Waals surface area contributed by atoms with E-state index in [0.29, 0.717) is 0 Å². The van der Waals surface area contributed by atoms with E-state index < -0.39 is 28.3 Å². The minimum atomic E-state index is -4.64. The summed E-state index contributed by atoms with van der Waals surface area (Å²) in [6.45, 7) is 0.220. The highest BCUT2D eigenvalue weighted by atomic mass is 19.4. The lowest BCUT2D eigenvalue weighted by Crippen LogP contribution is -2.15. The Bertz CT molecular complexity index is 902. The summed E-state index contributed by atoms with van der Waals surface area (Å²) in [6.07, 6.45) is -4.64. The normalized spacial score (nSPS) is 11.1. The highest BCUT2D eigenvalue weighted by Crippen LogP contribution is 2.35. The molecule has 0 saturated carbocycles. The van der Waals surface area contributed by atoms with Crippen molar-refractivity contribution in [2.75, 3.05) is 32.8 Å². The number of amides is 1. The van der Waals surface area contributed by atoms with Crippen LogP contribution in [0.25, 0.3) is 0 Å². The molecule has 0 unspecified atom stereocenters. The smallest absolute Gasteiger partial charge is 0.416 e. The van der Waals surface area contributed by atoms with E-state index >= 15 is 0 Å². The topological polar surface area (TPSA) is 99.9 Å². The van der Waals surface area contributed by atoms with Crippen molar-refractivity contribution >= 4 is 17.3 Å². The van der Waals surface area contributed by atoms with Gasteiger partial charge in [0, 0.05) is 18.7 Å². The Balaban J connectivity index is 2.36. The highest BCUT2D eigenvalue weighted by molar-refractivity contribution is 6.05. The Labute approximate surface area is 163 Å². The number of nitrogens with one attached hydrogen (secondary N) is 1. The highest BCUT2D eigenvalue weighted by Gasteiger charge is 2.31. The van der Waals surface area contributed by atoms with E-state index in [1.165, 1.54) is 26.4 Å². The summed E-state index contributed by atoms with van der Waals surface area (Å²) in [5.74, 6) is -0.924. The molecule has 8 nitrogen and oxygen atoms in total. The second-order valence-corrected chi connectivity index (χ2v) is 5.65. The first-order chi connectivity index (χ1) is 13.7. The number of hydrogen-bond acceptors (Lipinski definition) is 6. The van der Waals surface area contributed by atoms with Crippen LogP contribution in [-0.4, -0.2) is 38.3 Å². The molecule has 156 valence electrons. The molecule has 0 aromatic heterocycles. The van der Waals surface area contributed by atoms with Gasteiger partial charge < -0.3 is 19.5 Å². The van der Waals surface area contributed by atoms with Gasteiger partial charge in [0.25, 0.3) is 5.91 Å². The van der Waals surface area contributed by atoms with E-state index in [4.69, 9.17) is 14.2 Å². The van der Waals surface area contributed by atoms with Crippen molar-refractivity contribution in [3.05, 3.63) is 57.6 Å². The maximum Gasteiger partial charge on any atom is 0.416 e. The van der Waals surface area contributed by atoms with Crippen molar-refractivity contribution in [2.45, 2.75) is 6.18 Å². The summed E-state index contributed by atoms with van der Waals surface area (Å²) in [5.41, 5.74) is -1.83. The molecule has 0 heterocycles. The second-order valence-electron chi connectivity index (χ2n) is 5.65. The lowest BCUT2D eigenvalue weighted by Gasteiger charge is -2.15. The molecular weight excluding hydrogens is 397 g/mol. The van der Waals surface area contributed by atoms with Crippen LogP contribution in [0.4, 0.5) is 24.5 Å². The summed E-state index contributed by atoms with van der Waals surface area (Å²) in [5, 5.41) is 13.4. The van der Waals surface area contributed by atoms with Gasteiger partial charge in [-0.25, -0.2) is 0 Å². The fourth-order valence-electron chi connectivity index (χ4n) is 2.33. The zero-order valence-electron chi connectivity index (χ0n) is 15.4. The molecule has 2 rings (SSSR count). The Morgan fingerprint density at radius 1 is 1.10 bits per heavy atom. The van der Waals surface area contributed by atoms with E-state index in [1.54, 1.807) is 0 Å². The zero-order valence-corrected chi connectivity index (χ0v) is 15.4. The molecule has 0 bridgehead atoms.